The van der Waals surface area contributed by atoms with E-state index in [-0.39, 0.29) is 0 Å². The lowest BCUT2D eigenvalue weighted by Gasteiger charge is -2.60. The monoisotopic (exact) mass is 179 g/mol. The highest BCUT2D eigenvalue weighted by Crippen LogP contribution is 2.56. The fraction of sp³-hybridized carbons (Fsp3) is 1.00. The Kier molecular flexibility index (Phi) is 1.59. The number of rotatable bonds is 2. The van der Waals surface area contributed by atoms with Crippen LogP contribution in [0.2, 0.25) is 0 Å². The van der Waals surface area contributed by atoms with E-state index < -0.39 is 0 Å². The minimum absolute atomic E-state index is 0.817. The van der Waals surface area contributed by atoms with Crippen LogP contribution in [0, 0.1) is 17.3 Å². The molecule has 0 aromatic carbocycles. The summed E-state index contributed by atoms with van der Waals surface area (Å²) in [5.41, 5.74) is 0.817. The third-order valence-electron chi connectivity index (χ3n) is 4.47. The summed E-state index contributed by atoms with van der Waals surface area (Å²) in [5, 5.41) is 0. The van der Waals surface area contributed by atoms with Gasteiger partial charge in [-0.05, 0) is 42.9 Å². The fourth-order valence-corrected chi connectivity index (χ4v) is 3.30. The first-order valence-electron chi connectivity index (χ1n) is 5.93. The smallest absolute Gasteiger partial charge is 0.00969 e. The van der Waals surface area contributed by atoms with E-state index in [4.69, 9.17) is 0 Å². The fourth-order valence-electron chi connectivity index (χ4n) is 3.30. The first-order chi connectivity index (χ1) is 6.19. The van der Waals surface area contributed by atoms with Gasteiger partial charge in [0.1, 0.15) is 0 Å². The Bertz CT molecular complexity index is 186. The van der Waals surface area contributed by atoms with Crippen molar-refractivity contribution >= 4 is 0 Å². The van der Waals surface area contributed by atoms with Crippen molar-refractivity contribution in [1.82, 2.24) is 4.90 Å². The van der Waals surface area contributed by atoms with Crippen LogP contribution in [0.25, 0.3) is 0 Å². The molecule has 1 saturated heterocycles. The van der Waals surface area contributed by atoms with Crippen molar-refractivity contribution in [2.45, 2.75) is 45.6 Å². The summed E-state index contributed by atoms with van der Waals surface area (Å²) in [5.74, 6) is 1.99. The molecule has 0 aromatic rings. The van der Waals surface area contributed by atoms with Crippen LogP contribution in [0.4, 0.5) is 0 Å². The first kappa shape index (κ1) is 8.28. The molecule has 0 N–H and O–H groups in total. The highest BCUT2D eigenvalue weighted by Gasteiger charge is 2.55. The summed E-state index contributed by atoms with van der Waals surface area (Å²) in [4.78, 5) is 2.72. The van der Waals surface area contributed by atoms with Gasteiger partial charge in [-0.2, -0.15) is 0 Å². The largest absolute Gasteiger partial charge is 0.299 e. The van der Waals surface area contributed by atoms with Gasteiger partial charge in [-0.3, -0.25) is 4.90 Å². The van der Waals surface area contributed by atoms with Crippen molar-refractivity contribution < 1.29 is 0 Å². The maximum absolute atomic E-state index is 2.72. The molecule has 1 nitrogen and oxygen atoms in total. The van der Waals surface area contributed by atoms with Crippen LogP contribution in [0.5, 0.6) is 0 Å². The molecule has 0 atom stereocenters. The quantitative estimate of drug-likeness (QED) is 0.629. The third-order valence-corrected chi connectivity index (χ3v) is 4.47. The molecular weight excluding hydrogens is 158 g/mol. The third kappa shape index (κ3) is 1.24. The zero-order valence-electron chi connectivity index (χ0n) is 8.92. The van der Waals surface area contributed by atoms with E-state index in [0.29, 0.717) is 0 Å². The van der Waals surface area contributed by atoms with Crippen LogP contribution in [-0.4, -0.2) is 24.0 Å². The maximum atomic E-state index is 2.72. The molecular formula is C12H21N. The van der Waals surface area contributed by atoms with E-state index in [1.165, 1.54) is 38.8 Å². The summed E-state index contributed by atoms with van der Waals surface area (Å²) in [6.45, 7) is 7.66. The van der Waals surface area contributed by atoms with E-state index in [0.717, 1.165) is 23.3 Å². The average molecular weight is 179 g/mol. The predicted molar refractivity (Wildman–Crippen MR) is 54.6 cm³/mol. The first-order valence-corrected chi connectivity index (χ1v) is 5.93. The summed E-state index contributed by atoms with van der Waals surface area (Å²) in [7, 11) is 0. The molecule has 0 radical (unpaired) electrons. The molecule has 3 rings (SSSR count). The molecule has 0 aromatic heterocycles. The lowest BCUT2D eigenvalue weighted by Crippen LogP contribution is -2.63. The molecule has 0 amide bonds. The van der Waals surface area contributed by atoms with Gasteiger partial charge in [-0.15, -0.1) is 0 Å². The van der Waals surface area contributed by atoms with Crippen LogP contribution in [0.15, 0.2) is 0 Å². The lowest BCUT2D eigenvalue weighted by molar-refractivity contribution is -0.109. The van der Waals surface area contributed by atoms with E-state index in [9.17, 15) is 0 Å². The van der Waals surface area contributed by atoms with E-state index in [1.54, 1.807) is 0 Å². The van der Waals surface area contributed by atoms with Gasteiger partial charge in [0.05, 0.1) is 0 Å². The Labute approximate surface area is 81.5 Å². The highest BCUT2D eigenvalue weighted by atomic mass is 15.3. The molecule has 1 heterocycles. The summed E-state index contributed by atoms with van der Waals surface area (Å²) < 4.78 is 0. The van der Waals surface area contributed by atoms with Crippen molar-refractivity contribution in [1.29, 1.82) is 0 Å². The van der Waals surface area contributed by atoms with E-state index in [1.807, 2.05) is 0 Å². The van der Waals surface area contributed by atoms with Crippen molar-refractivity contribution in [2.75, 3.05) is 13.1 Å². The summed E-state index contributed by atoms with van der Waals surface area (Å²) in [6.07, 6.45) is 6.05. The van der Waals surface area contributed by atoms with Crippen molar-refractivity contribution in [2.24, 2.45) is 17.3 Å². The van der Waals surface area contributed by atoms with Gasteiger partial charge < -0.3 is 0 Å². The minimum Gasteiger partial charge on any atom is -0.299 e. The highest BCUT2D eigenvalue weighted by molar-refractivity contribution is 5.07. The second-order valence-electron chi connectivity index (χ2n) is 6.05. The Morgan fingerprint density at radius 1 is 1.15 bits per heavy atom. The SMILES string of the molecule is CC(C)C1CC2(C1)CN(C1CC1)C2. The zero-order valence-corrected chi connectivity index (χ0v) is 8.92. The second kappa shape index (κ2) is 2.50. The Balaban J connectivity index is 1.49. The zero-order chi connectivity index (χ0) is 9.05. The molecule has 74 valence electrons. The lowest BCUT2D eigenvalue weighted by atomic mass is 9.55. The number of nitrogens with zero attached hydrogens (tertiary/aromatic N) is 1. The number of hydrogen-bond donors (Lipinski definition) is 0. The molecule has 3 aliphatic rings. The number of hydrogen-bond acceptors (Lipinski definition) is 1. The van der Waals surface area contributed by atoms with Crippen LogP contribution >= 0.6 is 0 Å². The predicted octanol–water partition coefficient (Wildman–Crippen LogP) is 2.52. The van der Waals surface area contributed by atoms with Gasteiger partial charge in [0.25, 0.3) is 0 Å². The Hall–Kier alpha value is -0.0400. The molecule has 2 aliphatic carbocycles. The normalized spacial score (nSPS) is 33.5. The standard InChI is InChI=1S/C12H21N/c1-9(2)10-5-12(6-10)7-13(8-12)11-3-4-11/h9-11H,3-8H2,1-2H3. The van der Waals surface area contributed by atoms with Crippen LogP contribution in [0.1, 0.15) is 39.5 Å². The minimum atomic E-state index is 0.817. The van der Waals surface area contributed by atoms with Gasteiger partial charge in [0, 0.05) is 19.1 Å². The molecule has 1 aliphatic heterocycles. The van der Waals surface area contributed by atoms with Gasteiger partial charge in [-0.25, -0.2) is 0 Å². The average Bonchev–Trinajstić information content (AvgIpc) is 2.62. The summed E-state index contributed by atoms with van der Waals surface area (Å²) in [6, 6.07) is 1.02. The van der Waals surface area contributed by atoms with Gasteiger partial charge in [0.15, 0.2) is 0 Å². The van der Waals surface area contributed by atoms with Crippen molar-refractivity contribution in [3.05, 3.63) is 0 Å². The van der Waals surface area contributed by atoms with Crippen molar-refractivity contribution in [3.63, 3.8) is 0 Å². The molecule has 2 saturated carbocycles. The van der Waals surface area contributed by atoms with Crippen LogP contribution < -0.4 is 0 Å². The van der Waals surface area contributed by atoms with E-state index in [2.05, 4.69) is 18.7 Å². The van der Waals surface area contributed by atoms with Crippen LogP contribution in [0.3, 0.4) is 0 Å². The van der Waals surface area contributed by atoms with Crippen molar-refractivity contribution in [3.8, 4) is 0 Å². The molecule has 0 bridgehead atoms. The van der Waals surface area contributed by atoms with Gasteiger partial charge in [0.2, 0.25) is 0 Å². The molecule has 3 fully saturated rings. The van der Waals surface area contributed by atoms with Crippen LogP contribution in [-0.2, 0) is 0 Å². The molecule has 0 unspecified atom stereocenters. The Morgan fingerprint density at radius 3 is 2.23 bits per heavy atom. The van der Waals surface area contributed by atoms with E-state index >= 15 is 0 Å². The topological polar surface area (TPSA) is 3.24 Å². The maximum Gasteiger partial charge on any atom is 0.00969 e. The molecule has 1 heteroatoms. The second-order valence-corrected chi connectivity index (χ2v) is 6.05. The van der Waals surface area contributed by atoms with Gasteiger partial charge in [-0.1, -0.05) is 13.8 Å². The molecule has 13 heavy (non-hydrogen) atoms. The summed E-state index contributed by atoms with van der Waals surface area (Å²) >= 11 is 0. The molecule has 1 spiro atoms. The number of likely N-dealkylation sites (tertiary alicyclic amines) is 1. The Morgan fingerprint density at radius 2 is 1.77 bits per heavy atom. The van der Waals surface area contributed by atoms with Gasteiger partial charge >= 0.3 is 0 Å².